The number of methoxy groups -OCH3 is 1. The Morgan fingerprint density at radius 2 is 1.90 bits per heavy atom. The Kier molecular flexibility index (Phi) is 6.86. The van der Waals surface area contributed by atoms with Crippen LogP contribution in [0, 0.1) is 6.92 Å². The van der Waals surface area contributed by atoms with E-state index in [2.05, 4.69) is 49.0 Å². The third-order valence-corrected chi connectivity index (χ3v) is 5.50. The molecule has 1 aliphatic heterocycles. The van der Waals surface area contributed by atoms with Crippen molar-refractivity contribution in [3.05, 3.63) is 64.8 Å². The number of hydrogen-bond donors (Lipinski definition) is 3. The highest BCUT2D eigenvalue weighted by Gasteiger charge is 2.11. The standard InChI is InChI=1S/C23H27ClN6O/c1-16-14-26-23(29-22(16)27-19-6-7-20(24)21(13-19)31-2)28-18-5-3-4-17(12-18)15-30-10-8-25-9-11-30/h3-7,12-14,25H,8-11,15H2,1-2H3,(H2,26,27,28,29). The second-order valence-electron chi connectivity index (χ2n) is 7.55. The largest absolute Gasteiger partial charge is 0.495 e. The number of nitrogens with one attached hydrogen (secondary N) is 3. The summed E-state index contributed by atoms with van der Waals surface area (Å²) in [6, 6.07) is 13.9. The van der Waals surface area contributed by atoms with Gasteiger partial charge in [0.15, 0.2) is 0 Å². The molecule has 0 radical (unpaired) electrons. The number of halogens is 1. The summed E-state index contributed by atoms with van der Waals surface area (Å²) < 4.78 is 5.30. The summed E-state index contributed by atoms with van der Waals surface area (Å²) in [5.74, 6) is 1.87. The van der Waals surface area contributed by atoms with E-state index in [4.69, 9.17) is 16.3 Å². The fourth-order valence-corrected chi connectivity index (χ4v) is 3.70. The summed E-state index contributed by atoms with van der Waals surface area (Å²) in [6.07, 6.45) is 1.80. The predicted octanol–water partition coefficient (Wildman–Crippen LogP) is 4.34. The van der Waals surface area contributed by atoms with E-state index < -0.39 is 0 Å². The highest BCUT2D eigenvalue weighted by Crippen LogP contribution is 2.29. The summed E-state index contributed by atoms with van der Waals surface area (Å²) in [4.78, 5) is 11.6. The number of benzene rings is 2. The van der Waals surface area contributed by atoms with Gasteiger partial charge in [-0.3, -0.25) is 4.90 Å². The van der Waals surface area contributed by atoms with Gasteiger partial charge in [-0.05, 0) is 36.8 Å². The lowest BCUT2D eigenvalue weighted by molar-refractivity contribution is 0.233. The van der Waals surface area contributed by atoms with Crippen molar-refractivity contribution < 1.29 is 4.74 Å². The van der Waals surface area contributed by atoms with Crippen LogP contribution in [0.15, 0.2) is 48.7 Å². The van der Waals surface area contributed by atoms with Gasteiger partial charge in [0, 0.05) is 61.9 Å². The van der Waals surface area contributed by atoms with Gasteiger partial charge in [0.05, 0.1) is 12.1 Å². The first-order valence-corrected chi connectivity index (χ1v) is 10.7. The van der Waals surface area contributed by atoms with E-state index >= 15 is 0 Å². The molecule has 0 atom stereocenters. The zero-order valence-corrected chi connectivity index (χ0v) is 18.5. The molecule has 1 saturated heterocycles. The molecular weight excluding hydrogens is 412 g/mol. The van der Waals surface area contributed by atoms with Gasteiger partial charge >= 0.3 is 0 Å². The van der Waals surface area contributed by atoms with E-state index in [1.165, 1.54) is 5.56 Å². The molecule has 3 aromatic rings. The van der Waals surface area contributed by atoms with Gasteiger partial charge in [0.25, 0.3) is 0 Å². The van der Waals surface area contributed by atoms with Crippen molar-refractivity contribution in [3.63, 3.8) is 0 Å². The van der Waals surface area contributed by atoms with Crippen LogP contribution in [0.3, 0.4) is 0 Å². The van der Waals surface area contributed by atoms with E-state index in [0.717, 1.165) is 55.5 Å². The van der Waals surface area contributed by atoms with Crippen molar-refractivity contribution >= 4 is 34.7 Å². The van der Waals surface area contributed by atoms with Gasteiger partial charge in [0.2, 0.25) is 5.95 Å². The van der Waals surface area contributed by atoms with Gasteiger partial charge in [-0.1, -0.05) is 23.7 Å². The van der Waals surface area contributed by atoms with Crippen molar-refractivity contribution in [2.45, 2.75) is 13.5 Å². The maximum Gasteiger partial charge on any atom is 0.229 e. The molecule has 4 rings (SSSR count). The van der Waals surface area contributed by atoms with Crippen molar-refractivity contribution in [1.82, 2.24) is 20.2 Å². The van der Waals surface area contributed by atoms with Crippen LogP contribution >= 0.6 is 11.6 Å². The molecule has 2 heterocycles. The average Bonchev–Trinajstić information content (AvgIpc) is 2.78. The first-order chi connectivity index (χ1) is 15.1. The van der Waals surface area contributed by atoms with E-state index in [1.807, 2.05) is 25.1 Å². The van der Waals surface area contributed by atoms with Gasteiger partial charge in [0.1, 0.15) is 11.6 Å². The Bertz CT molecular complexity index is 1040. The number of anilines is 4. The zero-order chi connectivity index (χ0) is 21.6. The van der Waals surface area contributed by atoms with Gasteiger partial charge in [-0.25, -0.2) is 4.98 Å². The van der Waals surface area contributed by atoms with E-state index in [0.29, 0.717) is 16.7 Å². The van der Waals surface area contributed by atoms with Gasteiger partial charge in [-0.15, -0.1) is 0 Å². The lowest BCUT2D eigenvalue weighted by Gasteiger charge is -2.27. The van der Waals surface area contributed by atoms with Crippen LogP contribution < -0.4 is 20.7 Å². The molecule has 0 saturated carbocycles. The molecule has 3 N–H and O–H groups in total. The topological polar surface area (TPSA) is 74.3 Å². The number of rotatable bonds is 7. The first-order valence-electron chi connectivity index (χ1n) is 10.3. The molecule has 1 aliphatic rings. The minimum Gasteiger partial charge on any atom is -0.495 e. The summed E-state index contributed by atoms with van der Waals surface area (Å²) >= 11 is 6.13. The first kappa shape index (κ1) is 21.4. The fraction of sp³-hybridized carbons (Fsp3) is 0.304. The Hall–Kier alpha value is -2.87. The Labute approximate surface area is 187 Å². The normalized spacial score (nSPS) is 14.3. The molecule has 0 amide bonds. The summed E-state index contributed by atoms with van der Waals surface area (Å²) in [5, 5.41) is 10.6. The zero-order valence-electron chi connectivity index (χ0n) is 17.8. The lowest BCUT2D eigenvalue weighted by atomic mass is 10.2. The van der Waals surface area contributed by atoms with Crippen molar-refractivity contribution in [1.29, 1.82) is 0 Å². The maximum absolute atomic E-state index is 6.13. The molecular formula is C23H27ClN6O. The second-order valence-corrected chi connectivity index (χ2v) is 7.96. The van der Waals surface area contributed by atoms with Crippen molar-refractivity contribution in [2.75, 3.05) is 43.9 Å². The van der Waals surface area contributed by atoms with Crippen LogP contribution in [-0.2, 0) is 6.54 Å². The third-order valence-electron chi connectivity index (χ3n) is 5.18. The number of piperazine rings is 1. The molecule has 8 heteroatoms. The van der Waals surface area contributed by atoms with Crippen molar-refractivity contribution in [2.24, 2.45) is 0 Å². The summed E-state index contributed by atoms with van der Waals surface area (Å²) in [6.45, 7) is 7.14. The third kappa shape index (κ3) is 5.64. The molecule has 31 heavy (non-hydrogen) atoms. The molecule has 0 unspecified atom stereocenters. The smallest absolute Gasteiger partial charge is 0.229 e. The van der Waals surface area contributed by atoms with E-state index in [-0.39, 0.29) is 0 Å². The predicted molar refractivity (Wildman–Crippen MR) is 126 cm³/mol. The van der Waals surface area contributed by atoms with Crippen molar-refractivity contribution in [3.8, 4) is 5.75 Å². The van der Waals surface area contributed by atoms with Gasteiger partial charge in [-0.2, -0.15) is 4.98 Å². The maximum atomic E-state index is 6.13. The SMILES string of the molecule is COc1cc(Nc2nc(Nc3cccc(CN4CCNCC4)c3)ncc2C)ccc1Cl. The van der Waals surface area contributed by atoms with E-state index in [9.17, 15) is 0 Å². The summed E-state index contributed by atoms with van der Waals surface area (Å²) in [5.41, 5.74) is 4.01. The lowest BCUT2D eigenvalue weighted by Crippen LogP contribution is -2.42. The monoisotopic (exact) mass is 438 g/mol. The minimum atomic E-state index is 0.536. The minimum absolute atomic E-state index is 0.536. The number of aryl methyl sites for hydroxylation is 1. The Morgan fingerprint density at radius 3 is 2.71 bits per heavy atom. The van der Waals surface area contributed by atoms with Crippen LogP contribution in [0.1, 0.15) is 11.1 Å². The highest BCUT2D eigenvalue weighted by molar-refractivity contribution is 6.32. The van der Waals surface area contributed by atoms with Crippen LogP contribution in [0.25, 0.3) is 0 Å². The highest BCUT2D eigenvalue weighted by atomic mass is 35.5. The molecule has 0 bridgehead atoms. The quantitative estimate of drug-likeness (QED) is 0.506. The van der Waals surface area contributed by atoms with E-state index in [1.54, 1.807) is 19.4 Å². The number of aromatic nitrogens is 2. The van der Waals surface area contributed by atoms with Crippen LogP contribution in [-0.4, -0.2) is 48.2 Å². The Morgan fingerprint density at radius 1 is 1.10 bits per heavy atom. The Balaban J connectivity index is 1.47. The second kappa shape index (κ2) is 9.96. The van der Waals surface area contributed by atoms with Crippen LogP contribution in [0.2, 0.25) is 5.02 Å². The number of nitrogens with zero attached hydrogens (tertiary/aromatic N) is 3. The molecule has 1 fully saturated rings. The number of ether oxygens (including phenoxy) is 1. The molecule has 162 valence electrons. The van der Waals surface area contributed by atoms with Crippen LogP contribution in [0.4, 0.5) is 23.1 Å². The fourth-order valence-electron chi connectivity index (χ4n) is 3.51. The van der Waals surface area contributed by atoms with Crippen LogP contribution in [0.5, 0.6) is 5.75 Å². The average molecular weight is 439 g/mol. The molecule has 1 aromatic heterocycles. The molecule has 0 spiro atoms. The molecule has 7 nitrogen and oxygen atoms in total. The molecule has 0 aliphatic carbocycles. The molecule has 2 aromatic carbocycles. The van der Waals surface area contributed by atoms with Gasteiger partial charge < -0.3 is 20.7 Å². The number of hydrogen-bond acceptors (Lipinski definition) is 7. The summed E-state index contributed by atoms with van der Waals surface area (Å²) in [7, 11) is 1.60.